The molecule has 2 rings (SSSR count). The SMILES string of the molecule is COc1ccc(/C=C/C([C@H](O)CO)N2CCN(C(C)=O)CC2)cc1. The van der Waals surface area contributed by atoms with Crippen molar-refractivity contribution < 1.29 is 19.7 Å². The third kappa shape index (κ3) is 4.80. The number of nitrogens with zero attached hydrogens (tertiary/aromatic N) is 2. The average Bonchev–Trinajstić information content (AvgIpc) is 2.62. The van der Waals surface area contributed by atoms with E-state index in [-0.39, 0.29) is 18.6 Å². The smallest absolute Gasteiger partial charge is 0.219 e. The molecule has 2 atom stereocenters. The van der Waals surface area contributed by atoms with E-state index in [9.17, 15) is 15.0 Å². The van der Waals surface area contributed by atoms with Gasteiger partial charge in [-0.15, -0.1) is 0 Å². The number of amides is 1. The fourth-order valence-electron chi connectivity index (χ4n) is 2.86. The second-order valence-electron chi connectivity index (χ2n) is 5.91. The van der Waals surface area contributed by atoms with Gasteiger partial charge in [0, 0.05) is 33.1 Å². The molecule has 0 spiro atoms. The highest BCUT2D eigenvalue weighted by Crippen LogP contribution is 2.16. The van der Waals surface area contributed by atoms with Crippen LogP contribution in [0.4, 0.5) is 0 Å². The summed E-state index contributed by atoms with van der Waals surface area (Å²) in [4.78, 5) is 15.3. The molecule has 132 valence electrons. The van der Waals surface area contributed by atoms with E-state index in [1.165, 1.54) is 0 Å². The van der Waals surface area contributed by atoms with E-state index < -0.39 is 6.10 Å². The summed E-state index contributed by atoms with van der Waals surface area (Å²) in [7, 11) is 1.62. The quantitative estimate of drug-likeness (QED) is 0.797. The highest BCUT2D eigenvalue weighted by molar-refractivity contribution is 5.73. The van der Waals surface area contributed by atoms with Crippen LogP contribution in [0.3, 0.4) is 0 Å². The van der Waals surface area contributed by atoms with Crippen LogP contribution in [-0.2, 0) is 4.79 Å². The molecule has 0 bridgehead atoms. The largest absolute Gasteiger partial charge is 0.497 e. The first-order chi connectivity index (χ1) is 11.5. The zero-order valence-electron chi connectivity index (χ0n) is 14.3. The summed E-state index contributed by atoms with van der Waals surface area (Å²) in [5.74, 6) is 0.863. The van der Waals surface area contributed by atoms with Gasteiger partial charge in [0.25, 0.3) is 0 Å². The molecule has 1 aromatic rings. The highest BCUT2D eigenvalue weighted by atomic mass is 16.5. The number of piperazine rings is 1. The maximum absolute atomic E-state index is 11.4. The van der Waals surface area contributed by atoms with Crippen molar-refractivity contribution in [1.82, 2.24) is 9.80 Å². The molecular formula is C18H26N2O4. The van der Waals surface area contributed by atoms with Gasteiger partial charge >= 0.3 is 0 Å². The Morgan fingerprint density at radius 3 is 2.38 bits per heavy atom. The molecule has 0 aromatic heterocycles. The van der Waals surface area contributed by atoms with Gasteiger partial charge in [0.15, 0.2) is 0 Å². The van der Waals surface area contributed by atoms with E-state index >= 15 is 0 Å². The Kier molecular flexibility index (Phi) is 6.78. The third-order valence-electron chi connectivity index (χ3n) is 4.36. The first-order valence-electron chi connectivity index (χ1n) is 8.16. The highest BCUT2D eigenvalue weighted by Gasteiger charge is 2.27. The first kappa shape index (κ1) is 18.4. The number of rotatable bonds is 6. The van der Waals surface area contributed by atoms with Crippen LogP contribution < -0.4 is 4.74 Å². The number of aliphatic hydroxyl groups excluding tert-OH is 2. The van der Waals surface area contributed by atoms with Crippen molar-refractivity contribution >= 4 is 12.0 Å². The number of hydrogen-bond donors (Lipinski definition) is 2. The van der Waals surface area contributed by atoms with Crippen LogP contribution in [0, 0.1) is 0 Å². The lowest BCUT2D eigenvalue weighted by Crippen LogP contribution is -2.54. The van der Waals surface area contributed by atoms with Gasteiger partial charge in [0.2, 0.25) is 5.91 Å². The number of carbonyl (C=O) groups excluding carboxylic acids is 1. The maximum Gasteiger partial charge on any atom is 0.219 e. The van der Waals surface area contributed by atoms with E-state index in [1.54, 1.807) is 18.9 Å². The van der Waals surface area contributed by atoms with Crippen molar-refractivity contribution in [3.05, 3.63) is 35.9 Å². The molecule has 1 aliphatic heterocycles. The van der Waals surface area contributed by atoms with Crippen LogP contribution in [0.25, 0.3) is 6.08 Å². The van der Waals surface area contributed by atoms with Crippen LogP contribution in [0.5, 0.6) is 5.75 Å². The monoisotopic (exact) mass is 334 g/mol. The Hall–Kier alpha value is -1.89. The lowest BCUT2D eigenvalue weighted by molar-refractivity contribution is -0.131. The van der Waals surface area contributed by atoms with Crippen LogP contribution in [-0.4, -0.2) is 78.0 Å². The predicted octanol–water partition coefficient (Wildman–Crippen LogP) is 0.594. The molecular weight excluding hydrogens is 308 g/mol. The van der Waals surface area contributed by atoms with Gasteiger partial charge in [0.1, 0.15) is 5.75 Å². The fourth-order valence-corrected chi connectivity index (χ4v) is 2.86. The summed E-state index contributed by atoms with van der Waals surface area (Å²) in [6.07, 6.45) is 2.98. The topological polar surface area (TPSA) is 73.2 Å². The van der Waals surface area contributed by atoms with E-state index in [1.807, 2.05) is 36.4 Å². The molecule has 1 saturated heterocycles. The normalized spacial score (nSPS) is 18.6. The molecule has 2 N–H and O–H groups in total. The number of aliphatic hydroxyl groups is 2. The summed E-state index contributed by atoms with van der Waals surface area (Å²) in [5, 5.41) is 19.5. The summed E-state index contributed by atoms with van der Waals surface area (Å²) in [6, 6.07) is 7.34. The summed E-state index contributed by atoms with van der Waals surface area (Å²) < 4.78 is 5.14. The number of methoxy groups -OCH3 is 1. The molecule has 1 heterocycles. The standard InChI is InChI=1S/C18H26N2O4/c1-14(22)19-9-11-20(12-10-19)17(18(23)13-21)8-5-15-3-6-16(24-2)7-4-15/h3-8,17-18,21,23H,9-13H2,1-2H3/b8-5+/t17?,18-/m1/s1. The minimum Gasteiger partial charge on any atom is -0.497 e. The molecule has 1 unspecified atom stereocenters. The summed E-state index contributed by atoms with van der Waals surface area (Å²) in [5.41, 5.74) is 0.994. The molecule has 0 radical (unpaired) electrons. The second kappa shape index (κ2) is 8.82. The van der Waals surface area contributed by atoms with E-state index in [0.29, 0.717) is 26.2 Å². The van der Waals surface area contributed by atoms with Gasteiger partial charge in [-0.1, -0.05) is 24.3 Å². The third-order valence-corrected chi connectivity index (χ3v) is 4.36. The second-order valence-corrected chi connectivity index (χ2v) is 5.91. The number of benzene rings is 1. The number of carbonyl (C=O) groups is 1. The Balaban J connectivity index is 2.05. The van der Waals surface area contributed by atoms with Gasteiger partial charge in [-0.05, 0) is 17.7 Å². The number of hydrogen-bond acceptors (Lipinski definition) is 5. The minimum absolute atomic E-state index is 0.0719. The Bertz CT molecular complexity index is 551. The van der Waals surface area contributed by atoms with E-state index in [2.05, 4.69) is 4.90 Å². The predicted molar refractivity (Wildman–Crippen MR) is 92.7 cm³/mol. The Morgan fingerprint density at radius 1 is 1.25 bits per heavy atom. The minimum atomic E-state index is -0.858. The van der Waals surface area contributed by atoms with Gasteiger partial charge in [-0.2, -0.15) is 0 Å². The van der Waals surface area contributed by atoms with E-state index in [0.717, 1.165) is 11.3 Å². The average molecular weight is 334 g/mol. The van der Waals surface area contributed by atoms with E-state index in [4.69, 9.17) is 4.74 Å². The molecule has 0 aliphatic carbocycles. The molecule has 1 amide bonds. The van der Waals surface area contributed by atoms with Crippen molar-refractivity contribution in [2.24, 2.45) is 0 Å². The van der Waals surface area contributed by atoms with Crippen molar-refractivity contribution in [3.8, 4) is 5.75 Å². The zero-order valence-corrected chi connectivity index (χ0v) is 14.3. The summed E-state index contributed by atoms with van der Waals surface area (Å²) >= 11 is 0. The summed E-state index contributed by atoms with van der Waals surface area (Å²) in [6.45, 7) is 3.90. The van der Waals surface area contributed by atoms with Gasteiger partial charge in [-0.25, -0.2) is 0 Å². The van der Waals surface area contributed by atoms with Crippen molar-refractivity contribution in [2.45, 2.75) is 19.1 Å². The first-order valence-corrected chi connectivity index (χ1v) is 8.16. The van der Waals surface area contributed by atoms with Gasteiger partial charge in [-0.3, -0.25) is 9.69 Å². The molecule has 6 heteroatoms. The lowest BCUT2D eigenvalue weighted by atomic mass is 10.1. The molecule has 1 fully saturated rings. The van der Waals surface area contributed by atoms with Crippen molar-refractivity contribution in [3.63, 3.8) is 0 Å². The molecule has 1 aliphatic rings. The van der Waals surface area contributed by atoms with Gasteiger partial charge in [0.05, 0.1) is 25.9 Å². The molecule has 0 saturated carbocycles. The van der Waals surface area contributed by atoms with Crippen LogP contribution >= 0.6 is 0 Å². The van der Waals surface area contributed by atoms with Crippen LogP contribution in [0.1, 0.15) is 12.5 Å². The van der Waals surface area contributed by atoms with Crippen LogP contribution in [0.15, 0.2) is 30.3 Å². The lowest BCUT2D eigenvalue weighted by Gasteiger charge is -2.39. The molecule has 1 aromatic carbocycles. The fraction of sp³-hybridized carbons (Fsp3) is 0.500. The zero-order chi connectivity index (χ0) is 17.5. The molecule has 24 heavy (non-hydrogen) atoms. The Labute approximate surface area is 142 Å². The van der Waals surface area contributed by atoms with Crippen molar-refractivity contribution in [2.75, 3.05) is 39.9 Å². The maximum atomic E-state index is 11.4. The Morgan fingerprint density at radius 2 is 1.88 bits per heavy atom. The molecule has 6 nitrogen and oxygen atoms in total. The number of ether oxygens (including phenoxy) is 1. The van der Waals surface area contributed by atoms with Crippen LogP contribution in [0.2, 0.25) is 0 Å². The van der Waals surface area contributed by atoms with Crippen molar-refractivity contribution in [1.29, 1.82) is 0 Å². The van der Waals surface area contributed by atoms with Gasteiger partial charge < -0.3 is 19.8 Å².